The molecule has 0 aliphatic rings. The van der Waals surface area contributed by atoms with Crippen LogP contribution < -0.4 is 10.2 Å². The van der Waals surface area contributed by atoms with Crippen LogP contribution in [0.15, 0.2) is 58.3 Å². The van der Waals surface area contributed by atoms with Crippen LogP contribution in [0.5, 0.6) is 0 Å². The van der Waals surface area contributed by atoms with Crippen LogP contribution in [-0.2, 0) is 44.9 Å². The van der Waals surface area contributed by atoms with Crippen molar-refractivity contribution in [3.63, 3.8) is 0 Å². The average Bonchev–Trinajstić information content (AvgIpc) is 2.46. The van der Waals surface area contributed by atoms with Gasteiger partial charge in [0.1, 0.15) is 0 Å². The van der Waals surface area contributed by atoms with Crippen LogP contribution in [0.2, 0.25) is 0 Å². The van der Waals surface area contributed by atoms with Crippen LogP contribution in [0.3, 0.4) is 0 Å². The molecule has 0 spiro atoms. The van der Waals surface area contributed by atoms with Gasteiger partial charge >= 0.3 is 34.1 Å². The molecule has 0 saturated heterocycles. The Bertz CT molecular complexity index is 658. The van der Waals surface area contributed by atoms with Gasteiger partial charge in [-0.15, -0.1) is 0 Å². The Morgan fingerprint density at radius 1 is 0.727 bits per heavy atom. The molecule has 0 aliphatic carbocycles. The molecular formula is C14H8Cu2O5S. The first-order valence-corrected chi connectivity index (χ1v) is 6.70. The molecular weight excluding hydrogens is 407 g/mol. The van der Waals surface area contributed by atoms with Gasteiger partial charge in [-0.3, -0.25) is 0 Å². The van der Waals surface area contributed by atoms with E-state index in [4.69, 9.17) is 0 Å². The van der Waals surface area contributed by atoms with E-state index in [-0.39, 0.29) is 55.1 Å². The number of hydrogen-bond acceptors (Lipinski definition) is 5. The summed E-state index contributed by atoms with van der Waals surface area (Å²) in [5.41, 5.74) is -0.474. The maximum Gasteiger partial charge on any atom is 1.00 e. The monoisotopic (exact) mass is 414 g/mol. The van der Waals surface area contributed by atoms with Crippen molar-refractivity contribution in [2.45, 2.75) is 9.79 Å². The molecule has 2 rings (SSSR count). The molecule has 0 radical (unpaired) electrons. The quantitative estimate of drug-likeness (QED) is 0.632. The van der Waals surface area contributed by atoms with E-state index in [0.29, 0.717) is 0 Å². The molecule has 2 aromatic carbocycles. The second kappa shape index (κ2) is 8.88. The van der Waals surface area contributed by atoms with E-state index in [0.717, 1.165) is 0 Å². The van der Waals surface area contributed by atoms with Gasteiger partial charge in [-0.05, 0) is 12.1 Å². The molecule has 122 valence electrons. The minimum atomic E-state index is -1.95. The number of carbonyl (C=O) groups is 2. The Labute approximate surface area is 150 Å². The molecule has 5 nitrogen and oxygen atoms in total. The summed E-state index contributed by atoms with van der Waals surface area (Å²) in [7, 11) is -1.95. The van der Waals surface area contributed by atoms with Gasteiger partial charge in [-0.2, -0.15) is 0 Å². The smallest absolute Gasteiger partial charge is 0.545 e. The molecule has 0 aromatic heterocycles. The minimum Gasteiger partial charge on any atom is -0.545 e. The van der Waals surface area contributed by atoms with Crippen LogP contribution in [0.1, 0.15) is 20.7 Å². The summed E-state index contributed by atoms with van der Waals surface area (Å²) in [6.45, 7) is 0. The third-order valence-electron chi connectivity index (χ3n) is 2.61. The minimum absolute atomic E-state index is 0. The molecule has 0 aliphatic heterocycles. The number of hydrogen-bond donors (Lipinski definition) is 0. The summed E-state index contributed by atoms with van der Waals surface area (Å²) in [4.78, 5) is 22.0. The van der Waals surface area contributed by atoms with Gasteiger partial charge in [0.05, 0.1) is 32.5 Å². The maximum atomic E-state index is 12.4. The summed E-state index contributed by atoms with van der Waals surface area (Å²) < 4.78 is 12.4. The number of carboxylic acid groups (broad SMARTS) is 2. The molecule has 0 fully saturated rings. The zero-order valence-electron chi connectivity index (χ0n) is 10.7. The van der Waals surface area contributed by atoms with Gasteiger partial charge in [-0.1, -0.05) is 36.4 Å². The molecule has 0 saturated carbocycles. The first kappa shape index (κ1) is 20.6. The van der Waals surface area contributed by atoms with Crippen molar-refractivity contribution in [2.75, 3.05) is 0 Å². The predicted molar refractivity (Wildman–Crippen MR) is 66.2 cm³/mol. The van der Waals surface area contributed by atoms with Crippen molar-refractivity contribution < 1.29 is 58.1 Å². The molecule has 0 amide bonds. The van der Waals surface area contributed by atoms with Gasteiger partial charge in [0, 0.05) is 11.1 Å². The van der Waals surface area contributed by atoms with E-state index >= 15 is 0 Å². The van der Waals surface area contributed by atoms with E-state index in [2.05, 4.69) is 0 Å². The Morgan fingerprint density at radius 2 is 1.05 bits per heavy atom. The number of benzene rings is 2. The second-order valence-electron chi connectivity index (χ2n) is 3.84. The predicted octanol–water partition coefficient (Wildman–Crippen LogP) is -0.425. The zero-order chi connectivity index (χ0) is 14.7. The van der Waals surface area contributed by atoms with Crippen molar-refractivity contribution >= 4 is 22.7 Å². The largest absolute Gasteiger partial charge is 1.00 e. The third kappa shape index (κ3) is 4.29. The number of aromatic carboxylic acids is 2. The van der Waals surface area contributed by atoms with Crippen LogP contribution >= 0.6 is 0 Å². The van der Waals surface area contributed by atoms with Crippen molar-refractivity contribution in [2.24, 2.45) is 0 Å². The van der Waals surface area contributed by atoms with Crippen molar-refractivity contribution in [3.05, 3.63) is 59.7 Å². The SMILES string of the molecule is O=C([O-])c1ccccc1S(=O)c1ccccc1C(=O)[O-].[Cu+].[Cu+]. The van der Waals surface area contributed by atoms with Gasteiger partial charge in [0.25, 0.3) is 0 Å². The Morgan fingerprint density at radius 3 is 1.36 bits per heavy atom. The first-order valence-electron chi connectivity index (χ1n) is 5.55. The normalized spacial score (nSPS) is 9.50. The number of carboxylic acids is 2. The summed E-state index contributed by atoms with van der Waals surface area (Å²) in [6, 6.07) is 11.2. The van der Waals surface area contributed by atoms with Crippen molar-refractivity contribution in [1.82, 2.24) is 0 Å². The summed E-state index contributed by atoms with van der Waals surface area (Å²) >= 11 is 0. The standard InChI is InChI=1S/C14H10O5S.2Cu/c15-13(16)9-5-1-3-7-11(9)20(19)12-8-4-2-6-10(12)14(17)18;;/h1-8H,(H,15,16)(H,17,18);;/q;2*+1/p-2. The van der Waals surface area contributed by atoms with E-state index < -0.39 is 22.7 Å². The topological polar surface area (TPSA) is 97.3 Å². The van der Waals surface area contributed by atoms with Crippen LogP contribution in [0, 0.1) is 0 Å². The summed E-state index contributed by atoms with van der Waals surface area (Å²) in [5, 5.41) is 22.0. The van der Waals surface area contributed by atoms with E-state index in [1.807, 2.05) is 0 Å². The fraction of sp³-hybridized carbons (Fsp3) is 0. The zero-order valence-corrected chi connectivity index (χ0v) is 13.4. The van der Waals surface area contributed by atoms with Crippen LogP contribution in [-0.4, -0.2) is 16.1 Å². The first-order chi connectivity index (χ1) is 9.52. The van der Waals surface area contributed by atoms with Gasteiger partial charge in [-0.25, -0.2) is 4.21 Å². The van der Waals surface area contributed by atoms with E-state index in [9.17, 15) is 24.0 Å². The number of carbonyl (C=O) groups excluding carboxylic acids is 2. The fourth-order valence-electron chi connectivity index (χ4n) is 1.71. The van der Waals surface area contributed by atoms with Crippen LogP contribution in [0.25, 0.3) is 0 Å². The molecule has 0 N–H and O–H groups in total. The summed E-state index contributed by atoms with van der Waals surface area (Å²) in [6.07, 6.45) is 0. The average molecular weight is 415 g/mol. The van der Waals surface area contributed by atoms with Gasteiger partial charge < -0.3 is 19.8 Å². The van der Waals surface area contributed by atoms with Crippen molar-refractivity contribution in [3.8, 4) is 0 Å². The van der Waals surface area contributed by atoms with E-state index in [1.165, 1.54) is 48.5 Å². The Kier molecular flexibility index (Phi) is 8.30. The molecule has 8 heteroatoms. The maximum absolute atomic E-state index is 12.4. The van der Waals surface area contributed by atoms with Gasteiger partial charge in [0.2, 0.25) is 0 Å². The van der Waals surface area contributed by atoms with Crippen molar-refractivity contribution in [1.29, 1.82) is 0 Å². The fourth-order valence-corrected chi connectivity index (χ4v) is 3.06. The van der Waals surface area contributed by atoms with E-state index in [1.54, 1.807) is 0 Å². The molecule has 0 atom stereocenters. The molecule has 0 heterocycles. The molecule has 2 aromatic rings. The summed E-state index contributed by atoms with van der Waals surface area (Å²) in [5.74, 6) is -2.94. The second-order valence-corrected chi connectivity index (χ2v) is 5.25. The number of rotatable bonds is 4. The Balaban J connectivity index is 0.00000220. The van der Waals surface area contributed by atoms with Gasteiger partial charge in [0.15, 0.2) is 0 Å². The molecule has 0 unspecified atom stereocenters. The Hall–Kier alpha value is -1.43. The third-order valence-corrected chi connectivity index (χ3v) is 4.12. The van der Waals surface area contributed by atoms with Crippen LogP contribution in [0.4, 0.5) is 0 Å². The molecule has 0 bridgehead atoms. The molecule has 22 heavy (non-hydrogen) atoms.